The first-order chi connectivity index (χ1) is 13.8. The van der Waals surface area contributed by atoms with Gasteiger partial charge in [-0.2, -0.15) is 0 Å². The van der Waals surface area contributed by atoms with Gasteiger partial charge in [-0.15, -0.1) is 6.58 Å². The van der Waals surface area contributed by atoms with Crippen LogP contribution in [0.2, 0.25) is 5.02 Å². The van der Waals surface area contributed by atoms with Crippen molar-refractivity contribution in [3.05, 3.63) is 82.6 Å². The smallest absolute Gasteiger partial charge is 0.244 e. The SMILES string of the molecule is C=CCNS(=O)(=O)c1ccc(NC(=O)Cn2ccc(=O)c3cc(Cl)ccc32)cc1. The van der Waals surface area contributed by atoms with Crippen LogP contribution in [0.5, 0.6) is 0 Å². The second-order valence-electron chi connectivity index (χ2n) is 6.18. The van der Waals surface area contributed by atoms with E-state index >= 15 is 0 Å². The fourth-order valence-electron chi connectivity index (χ4n) is 2.75. The van der Waals surface area contributed by atoms with Gasteiger partial charge in [-0.05, 0) is 42.5 Å². The van der Waals surface area contributed by atoms with Gasteiger partial charge in [-0.3, -0.25) is 9.59 Å². The Morgan fingerprint density at radius 3 is 2.55 bits per heavy atom. The Kier molecular flexibility index (Phi) is 6.17. The molecule has 0 bridgehead atoms. The number of hydrogen-bond donors (Lipinski definition) is 2. The quantitative estimate of drug-likeness (QED) is 0.562. The summed E-state index contributed by atoms with van der Waals surface area (Å²) in [7, 11) is -3.63. The van der Waals surface area contributed by atoms with E-state index in [1.807, 2.05) is 0 Å². The summed E-state index contributed by atoms with van der Waals surface area (Å²) in [5, 5.41) is 3.57. The van der Waals surface area contributed by atoms with E-state index in [0.29, 0.717) is 21.6 Å². The summed E-state index contributed by atoms with van der Waals surface area (Å²) in [4.78, 5) is 24.5. The third-order valence-corrected chi connectivity index (χ3v) is 5.79. The number of sulfonamides is 1. The van der Waals surface area contributed by atoms with E-state index in [0.717, 1.165) is 0 Å². The van der Waals surface area contributed by atoms with E-state index < -0.39 is 10.0 Å². The fraction of sp³-hybridized carbons (Fsp3) is 0.100. The van der Waals surface area contributed by atoms with Crippen LogP contribution in [0.4, 0.5) is 5.69 Å². The summed E-state index contributed by atoms with van der Waals surface area (Å²) < 4.78 is 28.1. The van der Waals surface area contributed by atoms with Crippen LogP contribution in [-0.2, 0) is 21.4 Å². The van der Waals surface area contributed by atoms with Crippen LogP contribution in [0, 0.1) is 0 Å². The van der Waals surface area contributed by atoms with Gasteiger partial charge in [0.05, 0.1) is 10.4 Å². The van der Waals surface area contributed by atoms with Gasteiger partial charge in [-0.1, -0.05) is 17.7 Å². The number of nitrogens with zero attached hydrogens (tertiary/aromatic N) is 1. The summed E-state index contributed by atoms with van der Waals surface area (Å²) in [6.07, 6.45) is 2.99. The second kappa shape index (κ2) is 8.60. The maximum absolute atomic E-state index is 12.4. The van der Waals surface area contributed by atoms with E-state index in [1.165, 1.54) is 36.4 Å². The highest BCUT2D eigenvalue weighted by Crippen LogP contribution is 2.17. The highest BCUT2D eigenvalue weighted by Gasteiger charge is 2.13. The number of carbonyl (C=O) groups excluding carboxylic acids is 1. The number of halogens is 1. The Morgan fingerprint density at radius 1 is 1.14 bits per heavy atom. The number of anilines is 1. The molecule has 0 fully saturated rings. The number of rotatable bonds is 7. The van der Waals surface area contributed by atoms with Gasteiger partial charge in [-0.25, -0.2) is 13.1 Å². The lowest BCUT2D eigenvalue weighted by Gasteiger charge is -2.12. The minimum Gasteiger partial charge on any atom is -0.338 e. The number of benzene rings is 2. The second-order valence-corrected chi connectivity index (χ2v) is 8.39. The largest absolute Gasteiger partial charge is 0.338 e. The van der Waals surface area contributed by atoms with Crippen LogP contribution in [0.3, 0.4) is 0 Å². The van der Waals surface area contributed by atoms with Gasteiger partial charge in [0.1, 0.15) is 6.54 Å². The van der Waals surface area contributed by atoms with Crippen molar-refractivity contribution in [1.82, 2.24) is 9.29 Å². The van der Waals surface area contributed by atoms with Crippen molar-refractivity contribution >= 4 is 44.1 Å². The molecule has 0 radical (unpaired) electrons. The Morgan fingerprint density at radius 2 is 1.86 bits per heavy atom. The third kappa shape index (κ3) is 4.92. The Labute approximate surface area is 172 Å². The lowest BCUT2D eigenvalue weighted by molar-refractivity contribution is -0.116. The Balaban J connectivity index is 1.75. The molecule has 0 aliphatic carbocycles. The number of aromatic nitrogens is 1. The molecule has 9 heteroatoms. The molecule has 0 saturated carbocycles. The van der Waals surface area contributed by atoms with E-state index in [4.69, 9.17) is 11.6 Å². The summed E-state index contributed by atoms with van der Waals surface area (Å²) in [6, 6.07) is 12.1. The molecule has 1 heterocycles. The van der Waals surface area contributed by atoms with Crippen LogP contribution in [0.15, 0.2) is 77.1 Å². The highest BCUT2D eigenvalue weighted by molar-refractivity contribution is 7.89. The minimum absolute atomic E-state index is 0.0284. The predicted octanol–water partition coefficient (Wildman–Crippen LogP) is 2.76. The van der Waals surface area contributed by atoms with Crippen LogP contribution < -0.4 is 15.5 Å². The molecule has 2 N–H and O–H groups in total. The van der Waals surface area contributed by atoms with E-state index in [1.54, 1.807) is 29.0 Å². The number of pyridine rings is 1. The molecule has 0 spiro atoms. The van der Waals surface area contributed by atoms with Crippen molar-refractivity contribution < 1.29 is 13.2 Å². The molecule has 7 nitrogen and oxygen atoms in total. The zero-order valence-electron chi connectivity index (χ0n) is 15.3. The molecule has 1 amide bonds. The number of hydrogen-bond acceptors (Lipinski definition) is 4. The third-order valence-electron chi connectivity index (χ3n) is 4.12. The molecule has 0 aliphatic rings. The van der Waals surface area contributed by atoms with Crippen molar-refractivity contribution in [2.24, 2.45) is 0 Å². The van der Waals surface area contributed by atoms with Crippen LogP contribution >= 0.6 is 11.6 Å². The Hall–Kier alpha value is -2.94. The van der Waals surface area contributed by atoms with Gasteiger partial charge in [0.15, 0.2) is 5.43 Å². The number of amides is 1. The molecule has 1 aromatic heterocycles. The van der Waals surface area contributed by atoms with Crippen LogP contribution in [-0.4, -0.2) is 25.4 Å². The molecule has 0 atom stereocenters. The lowest BCUT2D eigenvalue weighted by Crippen LogP contribution is -2.23. The molecule has 29 heavy (non-hydrogen) atoms. The zero-order valence-corrected chi connectivity index (χ0v) is 16.8. The fourth-order valence-corrected chi connectivity index (χ4v) is 3.92. The number of fused-ring (bicyclic) bond motifs is 1. The van der Waals surface area contributed by atoms with Gasteiger partial charge in [0, 0.05) is 34.9 Å². The molecule has 150 valence electrons. The van der Waals surface area contributed by atoms with Gasteiger partial charge in [0.2, 0.25) is 15.9 Å². The highest BCUT2D eigenvalue weighted by atomic mass is 35.5. The van der Waals surface area contributed by atoms with Gasteiger partial charge >= 0.3 is 0 Å². The minimum atomic E-state index is -3.63. The molecular weight excluding hydrogens is 414 g/mol. The summed E-state index contributed by atoms with van der Waals surface area (Å²) in [5.74, 6) is -0.328. The first-order valence-corrected chi connectivity index (χ1v) is 10.5. The summed E-state index contributed by atoms with van der Waals surface area (Å²) >= 11 is 5.95. The van der Waals surface area contributed by atoms with Crippen LogP contribution in [0.25, 0.3) is 10.9 Å². The molecule has 3 aromatic rings. The van der Waals surface area contributed by atoms with Crippen molar-refractivity contribution in [3.8, 4) is 0 Å². The van der Waals surface area contributed by atoms with E-state index in [2.05, 4.69) is 16.6 Å². The molecule has 3 rings (SSSR count). The standard InChI is InChI=1S/C20H18ClN3O4S/c1-2-10-22-29(27,28)16-6-4-15(5-7-16)23-20(26)13-24-11-9-19(25)17-12-14(21)3-8-18(17)24/h2-9,11-12,22H,1,10,13H2,(H,23,26). The summed E-state index contributed by atoms with van der Waals surface area (Å²) in [5.41, 5.74) is 0.860. The number of carbonyl (C=O) groups is 1. The molecule has 2 aromatic carbocycles. The van der Waals surface area contributed by atoms with E-state index in [-0.39, 0.29) is 29.3 Å². The van der Waals surface area contributed by atoms with Crippen molar-refractivity contribution in [3.63, 3.8) is 0 Å². The first kappa shape index (κ1) is 20.8. The Bertz CT molecular complexity index is 1230. The number of nitrogens with one attached hydrogen (secondary N) is 2. The monoisotopic (exact) mass is 431 g/mol. The molecule has 0 saturated heterocycles. The summed E-state index contributed by atoms with van der Waals surface area (Å²) in [6.45, 7) is 3.56. The van der Waals surface area contributed by atoms with E-state index in [9.17, 15) is 18.0 Å². The maximum atomic E-state index is 12.4. The topological polar surface area (TPSA) is 97.3 Å². The van der Waals surface area contributed by atoms with Crippen molar-refractivity contribution in [2.45, 2.75) is 11.4 Å². The van der Waals surface area contributed by atoms with Crippen molar-refractivity contribution in [2.75, 3.05) is 11.9 Å². The molecule has 0 aliphatic heterocycles. The van der Waals surface area contributed by atoms with Gasteiger partial charge in [0.25, 0.3) is 0 Å². The first-order valence-electron chi connectivity index (χ1n) is 8.59. The van der Waals surface area contributed by atoms with Crippen molar-refractivity contribution in [1.29, 1.82) is 0 Å². The average Bonchev–Trinajstić information content (AvgIpc) is 2.69. The lowest BCUT2D eigenvalue weighted by atomic mass is 10.2. The normalized spacial score (nSPS) is 11.3. The predicted molar refractivity (Wildman–Crippen MR) is 114 cm³/mol. The zero-order chi connectivity index (χ0) is 21.0. The molecule has 0 unspecified atom stereocenters. The molecular formula is C20H18ClN3O4S. The van der Waals surface area contributed by atoms with Crippen LogP contribution in [0.1, 0.15) is 0 Å². The maximum Gasteiger partial charge on any atom is 0.244 e. The van der Waals surface area contributed by atoms with Gasteiger partial charge < -0.3 is 9.88 Å². The average molecular weight is 432 g/mol.